The molecule has 1 amide bonds. The first kappa shape index (κ1) is 14.4. The molecular formula is C15H22N2OS. The molecule has 0 spiro atoms. The third kappa shape index (κ3) is 4.55. The molecular weight excluding hydrogens is 256 g/mol. The minimum Gasteiger partial charge on any atom is -0.352 e. The monoisotopic (exact) mass is 278 g/mol. The van der Waals surface area contributed by atoms with E-state index in [-0.39, 0.29) is 5.91 Å². The van der Waals surface area contributed by atoms with Crippen molar-refractivity contribution in [3.05, 3.63) is 29.8 Å². The van der Waals surface area contributed by atoms with Gasteiger partial charge in [-0.15, -0.1) is 12.6 Å². The fourth-order valence-electron chi connectivity index (χ4n) is 2.45. The van der Waals surface area contributed by atoms with E-state index in [4.69, 9.17) is 0 Å². The van der Waals surface area contributed by atoms with Gasteiger partial charge in [0.05, 0.1) is 0 Å². The smallest absolute Gasteiger partial charge is 0.251 e. The van der Waals surface area contributed by atoms with Crippen LogP contribution in [-0.2, 0) is 0 Å². The Kier molecular flexibility index (Phi) is 5.28. The van der Waals surface area contributed by atoms with Crippen LogP contribution in [0.15, 0.2) is 29.2 Å². The Hall–Kier alpha value is -1.00. The first-order valence-electron chi connectivity index (χ1n) is 6.95. The lowest BCUT2D eigenvalue weighted by Gasteiger charge is -2.20. The molecule has 0 bridgehead atoms. The van der Waals surface area contributed by atoms with Crippen molar-refractivity contribution in [2.75, 3.05) is 26.2 Å². The Labute approximate surface area is 120 Å². The number of benzene rings is 1. The zero-order chi connectivity index (χ0) is 13.7. The van der Waals surface area contributed by atoms with Gasteiger partial charge in [0.2, 0.25) is 0 Å². The number of carbonyl (C=O) groups is 1. The van der Waals surface area contributed by atoms with Gasteiger partial charge in [-0.05, 0) is 56.1 Å². The van der Waals surface area contributed by atoms with E-state index in [1.54, 1.807) is 0 Å². The van der Waals surface area contributed by atoms with Crippen molar-refractivity contribution in [3.8, 4) is 0 Å². The predicted octanol–water partition coefficient (Wildman–Crippen LogP) is 2.44. The maximum Gasteiger partial charge on any atom is 0.251 e. The molecule has 1 aliphatic heterocycles. The van der Waals surface area contributed by atoms with E-state index < -0.39 is 0 Å². The Balaban J connectivity index is 1.74. The topological polar surface area (TPSA) is 32.3 Å². The van der Waals surface area contributed by atoms with Crippen LogP contribution < -0.4 is 5.32 Å². The van der Waals surface area contributed by atoms with Crippen LogP contribution in [0.3, 0.4) is 0 Å². The maximum absolute atomic E-state index is 11.9. The van der Waals surface area contributed by atoms with E-state index in [1.165, 1.54) is 25.9 Å². The van der Waals surface area contributed by atoms with Gasteiger partial charge in [-0.2, -0.15) is 0 Å². The van der Waals surface area contributed by atoms with Crippen molar-refractivity contribution in [1.29, 1.82) is 0 Å². The normalized spacial score (nSPS) is 17.4. The van der Waals surface area contributed by atoms with Crippen molar-refractivity contribution in [3.63, 3.8) is 0 Å². The first-order valence-corrected chi connectivity index (χ1v) is 7.39. The van der Waals surface area contributed by atoms with E-state index in [0.29, 0.717) is 11.5 Å². The second-order valence-electron chi connectivity index (χ2n) is 5.37. The molecule has 0 aliphatic carbocycles. The number of hydrogen-bond donors (Lipinski definition) is 2. The van der Waals surface area contributed by atoms with Gasteiger partial charge in [-0.1, -0.05) is 6.92 Å². The van der Waals surface area contributed by atoms with E-state index in [9.17, 15) is 4.79 Å². The summed E-state index contributed by atoms with van der Waals surface area (Å²) in [5.74, 6) is 0.493. The number of rotatable bonds is 5. The molecule has 1 fully saturated rings. The molecule has 1 aromatic carbocycles. The minimum absolute atomic E-state index is 0.00149. The second kappa shape index (κ2) is 6.96. The van der Waals surface area contributed by atoms with Crippen LogP contribution >= 0.6 is 12.6 Å². The van der Waals surface area contributed by atoms with Crippen molar-refractivity contribution in [2.24, 2.45) is 5.92 Å². The predicted molar refractivity (Wildman–Crippen MR) is 80.9 cm³/mol. The van der Waals surface area contributed by atoms with Gasteiger partial charge in [0.1, 0.15) is 0 Å². The molecule has 1 unspecified atom stereocenters. The number of thiol groups is 1. The molecule has 1 heterocycles. The molecule has 1 aromatic rings. The molecule has 0 aromatic heterocycles. The van der Waals surface area contributed by atoms with E-state index in [0.717, 1.165) is 18.0 Å². The molecule has 4 heteroatoms. The third-order valence-corrected chi connectivity index (χ3v) is 3.81. The summed E-state index contributed by atoms with van der Waals surface area (Å²) in [5, 5.41) is 3.00. The molecule has 3 nitrogen and oxygen atoms in total. The average Bonchev–Trinajstić information content (AvgIpc) is 2.89. The average molecular weight is 278 g/mol. The highest BCUT2D eigenvalue weighted by Crippen LogP contribution is 2.10. The van der Waals surface area contributed by atoms with Gasteiger partial charge < -0.3 is 10.2 Å². The van der Waals surface area contributed by atoms with Crippen LogP contribution in [0.1, 0.15) is 30.1 Å². The van der Waals surface area contributed by atoms with Crippen LogP contribution in [-0.4, -0.2) is 37.0 Å². The number of hydrogen-bond acceptors (Lipinski definition) is 3. The highest BCUT2D eigenvalue weighted by atomic mass is 32.1. The van der Waals surface area contributed by atoms with Gasteiger partial charge >= 0.3 is 0 Å². The molecule has 1 atom stereocenters. The van der Waals surface area contributed by atoms with Crippen LogP contribution in [0.2, 0.25) is 0 Å². The second-order valence-corrected chi connectivity index (χ2v) is 5.89. The lowest BCUT2D eigenvalue weighted by Crippen LogP contribution is -2.34. The summed E-state index contributed by atoms with van der Waals surface area (Å²) in [4.78, 5) is 15.3. The van der Waals surface area contributed by atoms with Crippen LogP contribution in [0, 0.1) is 5.92 Å². The number of carbonyl (C=O) groups excluding carboxylic acids is 1. The number of nitrogens with one attached hydrogen (secondary N) is 1. The van der Waals surface area contributed by atoms with Gasteiger partial charge in [0.25, 0.3) is 5.91 Å². The summed E-state index contributed by atoms with van der Waals surface area (Å²) in [5.41, 5.74) is 0.700. The standard InChI is InChI=1S/C15H22N2OS/c1-12(11-17-8-2-3-9-17)10-16-15(18)13-4-6-14(19)7-5-13/h4-7,12,19H,2-3,8-11H2,1H3,(H,16,18). The molecule has 0 radical (unpaired) electrons. The van der Waals surface area contributed by atoms with Crippen molar-refractivity contribution in [2.45, 2.75) is 24.7 Å². The summed E-state index contributed by atoms with van der Waals surface area (Å²) in [6.07, 6.45) is 2.63. The summed E-state index contributed by atoms with van der Waals surface area (Å²) in [6, 6.07) is 7.29. The van der Waals surface area contributed by atoms with E-state index >= 15 is 0 Å². The number of amides is 1. The van der Waals surface area contributed by atoms with Gasteiger partial charge in [-0.3, -0.25) is 4.79 Å². The Morgan fingerprint density at radius 3 is 2.58 bits per heavy atom. The summed E-state index contributed by atoms with van der Waals surface area (Å²) in [6.45, 7) is 6.42. The number of likely N-dealkylation sites (tertiary alicyclic amines) is 1. The van der Waals surface area contributed by atoms with E-state index in [1.807, 2.05) is 24.3 Å². The fourth-order valence-corrected chi connectivity index (χ4v) is 2.60. The largest absolute Gasteiger partial charge is 0.352 e. The molecule has 1 aliphatic rings. The number of nitrogens with zero attached hydrogens (tertiary/aromatic N) is 1. The Morgan fingerprint density at radius 1 is 1.32 bits per heavy atom. The van der Waals surface area contributed by atoms with Crippen molar-refractivity contribution >= 4 is 18.5 Å². The molecule has 2 rings (SSSR count). The quantitative estimate of drug-likeness (QED) is 0.811. The Bertz CT molecular complexity index is 413. The Morgan fingerprint density at radius 2 is 1.95 bits per heavy atom. The van der Waals surface area contributed by atoms with Gasteiger partial charge in [0.15, 0.2) is 0 Å². The van der Waals surface area contributed by atoms with Crippen molar-refractivity contribution in [1.82, 2.24) is 10.2 Å². The van der Waals surface area contributed by atoms with Gasteiger partial charge in [0, 0.05) is 23.5 Å². The molecule has 19 heavy (non-hydrogen) atoms. The first-order chi connectivity index (χ1) is 9.15. The summed E-state index contributed by atoms with van der Waals surface area (Å²) < 4.78 is 0. The lowest BCUT2D eigenvalue weighted by atomic mass is 10.1. The highest BCUT2D eigenvalue weighted by Gasteiger charge is 2.15. The fraction of sp³-hybridized carbons (Fsp3) is 0.533. The summed E-state index contributed by atoms with van der Waals surface area (Å²) >= 11 is 4.21. The molecule has 0 saturated carbocycles. The van der Waals surface area contributed by atoms with Crippen LogP contribution in [0.4, 0.5) is 0 Å². The minimum atomic E-state index is 0.00149. The molecule has 1 saturated heterocycles. The van der Waals surface area contributed by atoms with Crippen LogP contribution in [0.25, 0.3) is 0 Å². The van der Waals surface area contributed by atoms with Crippen LogP contribution in [0.5, 0.6) is 0 Å². The zero-order valence-electron chi connectivity index (χ0n) is 11.4. The lowest BCUT2D eigenvalue weighted by molar-refractivity contribution is 0.0945. The van der Waals surface area contributed by atoms with Crippen molar-refractivity contribution < 1.29 is 4.79 Å². The molecule has 104 valence electrons. The molecule has 1 N–H and O–H groups in total. The maximum atomic E-state index is 11.9. The summed E-state index contributed by atoms with van der Waals surface area (Å²) in [7, 11) is 0. The van der Waals surface area contributed by atoms with E-state index in [2.05, 4.69) is 29.8 Å². The van der Waals surface area contributed by atoms with Gasteiger partial charge in [-0.25, -0.2) is 0 Å². The zero-order valence-corrected chi connectivity index (χ0v) is 12.3. The third-order valence-electron chi connectivity index (χ3n) is 3.51. The SMILES string of the molecule is CC(CNC(=O)c1ccc(S)cc1)CN1CCCC1. The highest BCUT2D eigenvalue weighted by molar-refractivity contribution is 7.80.